The summed E-state index contributed by atoms with van der Waals surface area (Å²) in [7, 11) is 0. The quantitative estimate of drug-likeness (QED) is 0.726. The third kappa shape index (κ3) is 1.93. The minimum absolute atomic E-state index is 0.0486. The number of aromatic hydroxyl groups is 1. The highest BCUT2D eigenvalue weighted by Crippen LogP contribution is 2.33. The molecule has 0 radical (unpaired) electrons. The average molecular weight is 331 g/mol. The van der Waals surface area contributed by atoms with Gasteiger partial charge in [0.25, 0.3) is 0 Å². The lowest BCUT2D eigenvalue weighted by Gasteiger charge is -2.08. The summed E-state index contributed by atoms with van der Waals surface area (Å²) in [4.78, 5) is 12.7. The van der Waals surface area contributed by atoms with Gasteiger partial charge in [-0.3, -0.25) is 4.79 Å². The molecule has 0 amide bonds. The summed E-state index contributed by atoms with van der Waals surface area (Å²) in [5.74, 6) is 0.576. The molecule has 0 aliphatic rings. The van der Waals surface area contributed by atoms with Crippen molar-refractivity contribution in [1.82, 2.24) is 0 Å². The first-order valence-electron chi connectivity index (χ1n) is 6.10. The summed E-state index contributed by atoms with van der Waals surface area (Å²) in [5, 5.41) is 10.1. The standard InChI is InChI=1S/C16H11BrO3/c1-9-13(10-5-3-2-4-6-10)15(19)11-7-8-12(18)14(17)16(11)20-9/h2-8,18H,1H3. The van der Waals surface area contributed by atoms with Gasteiger partial charge in [-0.05, 0) is 40.5 Å². The summed E-state index contributed by atoms with van der Waals surface area (Å²) in [5.41, 5.74) is 1.64. The molecule has 3 rings (SSSR count). The van der Waals surface area contributed by atoms with E-state index in [-0.39, 0.29) is 11.2 Å². The third-order valence-corrected chi connectivity index (χ3v) is 3.98. The van der Waals surface area contributed by atoms with Crippen molar-refractivity contribution in [3.05, 3.63) is 62.9 Å². The monoisotopic (exact) mass is 330 g/mol. The zero-order valence-corrected chi connectivity index (χ0v) is 12.3. The first-order chi connectivity index (χ1) is 9.59. The molecule has 0 saturated carbocycles. The maximum atomic E-state index is 12.7. The van der Waals surface area contributed by atoms with E-state index in [1.165, 1.54) is 6.07 Å². The van der Waals surface area contributed by atoms with E-state index >= 15 is 0 Å². The lowest BCUT2D eigenvalue weighted by molar-refractivity contribution is 0.469. The molecule has 0 fully saturated rings. The van der Waals surface area contributed by atoms with Gasteiger partial charge in [-0.25, -0.2) is 0 Å². The lowest BCUT2D eigenvalue weighted by atomic mass is 10.0. The average Bonchev–Trinajstić information content (AvgIpc) is 2.45. The van der Waals surface area contributed by atoms with Gasteiger partial charge in [-0.2, -0.15) is 0 Å². The smallest absolute Gasteiger partial charge is 0.200 e. The van der Waals surface area contributed by atoms with Crippen LogP contribution in [0.2, 0.25) is 0 Å². The number of halogens is 1. The normalized spacial score (nSPS) is 10.9. The minimum Gasteiger partial charge on any atom is -0.507 e. The van der Waals surface area contributed by atoms with Crippen molar-refractivity contribution in [3.63, 3.8) is 0 Å². The summed E-state index contributed by atoms with van der Waals surface area (Å²) in [6.07, 6.45) is 0. The van der Waals surface area contributed by atoms with Crippen molar-refractivity contribution >= 4 is 26.9 Å². The summed E-state index contributed by atoms with van der Waals surface area (Å²) in [6.45, 7) is 1.75. The molecule has 1 heterocycles. The third-order valence-electron chi connectivity index (χ3n) is 3.22. The van der Waals surface area contributed by atoms with E-state index in [4.69, 9.17) is 4.42 Å². The van der Waals surface area contributed by atoms with E-state index in [0.717, 1.165) is 5.56 Å². The van der Waals surface area contributed by atoms with Crippen LogP contribution in [0.15, 0.2) is 56.1 Å². The van der Waals surface area contributed by atoms with Crippen LogP contribution in [0.1, 0.15) is 5.76 Å². The molecule has 0 aliphatic heterocycles. The molecular formula is C16H11BrO3. The van der Waals surface area contributed by atoms with Gasteiger partial charge in [-0.1, -0.05) is 30.3 Å². The molecule has 100 valence electrons. The maximum absolute atomic E-state index is 12.7. The summed E-state index contributed by atoms with van der Waals surface area (Å²) < 4.78 is 6.13. The Balaban J connectivity index is 2.43. The Morgan fingerprint density at radius 3 is 2.50 bits per heavy atom. The van der Waals surface area contributed by atoms with Gasteiger partial charge in [-0.15, -0.1) is 0 Å². The molecule has 3 nitrogen and oxygen atoms in total. The van der Waals surface area contributed by atoms with Crippen LogP contribution in [0.5, 0.6) is 5.75 Å². The molecule has 1 aromatic heterocycles. The van der Waals surface area contributed by atoms with Crippen molar-refractivity contribution in [2.75, 3.05) is 0 Å². The van der Waals surface area contributed by atoms with Crippen LogP contribution in [0.3, 0.4) is 0 Å². The van der Waals surface area contributed by atoms with Gasteiger partial charge in [0.1, 0.15) is 16.0 Å². The van der Waals surface area contributed by atoms with Gasteiger partial charge < -0.3 is 9.52 Å². The molecular weight excluding hydrogens is 320 g/mol. The Morgan fingerprint density at radius 1 is 1.10 bits per heavy atom. The number of benzene rings is 2. The van der Waals surface area contributed by atoms with Crippen molar-refractivity contribution in [2.24, 2.45) is 0 Å². The Morgan fingerprint density at radius 2 is 1.80 bits per heavy atom. The summed E-state index contributed by atoms with van der Waals surface area (Å²) in [6, 6.07) is 12.5. The van der Waals surface area contributed by atoms with E-state index in [9.17, 15) is 9.90 Å². The Labute approximate surface area is 123 Å². The fourth-order valence-corrected chi connectivity index (χ4v) is 2.69. The van der Waals surface area contributed by atoms with Crippen molar-refractivity contribution < 1.29 is 9.52 Å². The van der Waals surface area contributed by atoms with Crippen LogP contribution < -0.4 is 5.43 Å². The van der Waals surface area contributed by atoms with Gasteiger partial charge >= 0.3 is 0 Å². The van der Waals surface area contributed by atoms with Crippen LogP contribution in [0, 0.1) is 6.92 Å². The molecule has 1 N–H and O–H groups in total. The van der Waals surface area contributed by atoms with Crippen molar-refractivity contribution in [1.29, 1.82) is 0 Å². The highest BCUT2D eigenvalue weighted by Gasteiger charge is 2.16. The molecule has 20 heavy (non-hydrogen) atoms. The Kier molecular flexibility index (Phi) is 3.10. The van der Waals surface area contributed by atoms with Crippen LogP contribution in [0.25, 0.3) is 22.1 Å². The number of phenolic OH excluding ortho intramolecular Hbond substituents is 1. The highest BCUT2D eigenvalue weighted by atomic mass is 79.9. The van der Waals surface area contributed by atoms with Crippen LogP contribution in [0.4, 0.5) is 0 Å². The van der Waals surface area contributed by atoms with E-state index in [2.05, 4.69) is 15.9 Å². The highest BCUT2D eigenvalue weighted by molar-refractivity contribution is 9.10. The molecule has 0 aliphatic carbocycles. The second kappa shape index (κ2) is 4.80. The predicted octanol–water partition coefficient (Wildman–Crippen LogP) is 4.24. The number of phenols is 1. The fourth-order valence-electron chi connectivity index (χ4n) is 2.26. The number of hydrogen-bond acceptors (Lipinski definition) is 3. The topological polar surface area (TPSA) is 50.4 Å². The second-order valence-electron chi connectivity index (χ2n) is 4.50. The molecule has 0 spiro atoms. The van der Waals surface area contributed by atoms with Gasteiger partial charge in [0, 0.05) is 0 Å². The number of hydrogen-bond donors (Lipinski definition) is 1. The Bertz CT molecular complexity index is 851. The molecule has 0 atom stereocenters. The largest absolute Gasteiger partial charge is 0.507 e. The molecule has 3 aromatic rings. The van der Waals surface area contributed by atoms with Crippen LogP contribution >= 0.6 is 15.9 Å². The van der Waals surface area contributed by atoms with Crippen LogP contribution in [-0.2, 0) is 0 Å². The molecule has 2 aromatic carbocycles. The zero-order chi connectivity index (χ0) is 14.3. The number of fused-ring (bicyclic) bond motifs is 1. The Hall–Kier alpha value is -2.07. The first-order valence-corrected chi connectivity index (χ1v) is 6.89. The fraction of sp³-hybridized carbons (Fsp3) is 0.0625. The molecule has 4 heteroatoms. The van der Waals surface area contributed by atoms with Crippen molar-refractivity contribution in [2.45, 2.75) is 6.92 Å². The minimum atomic E-state index is -0.101. The SMILES string of the molecule is Cc1oc2c(Br)c(O)ccc2c(=O)c1-c1ccccc1. The number of rotatable bonds is 1. The maximum Gasteiger partial charge on any atom is 0.200 e. The number of aryl methyl sites for hydroxylation is 1. The van der Waals surface area contributed by atoms with Gasteiger partial charge in [0.15, 0.2) is 5.58 Å². The van der Waals surface area contributed by atoms with Crippen LogP contribution in [-0.4, -0.2) is 5.11 Å². The van der Waals surface area contributed by atoms with Gasteiger partial charge in [0.05, 0.1) is 10.9 Å². The van der Waals surface area contributed by atoms with E-state index in [0.29, 0.717) is 26.8 Å². The first kappa shape index (κ1) is 12.9. The zero-order valence-electron chi connectivity index (χ0n) is 10.7. The van der Waals surface area contributed by atoms with E-state index in [1.54, 1.807) is 13.0 Å². The van der Waals surface area contributed by atoms with E-state index < -0.39 is 0 Å². The summed E-state index contributed by atoms with van der Waals surface area (Å²) >= 11 is 3.25. The molecule has 0 unspecified atom stereocenters. The van der Waals surface area contributed by atoms with Crippen molar-refractivity contribution in [3.8, 4) is 16.9 Å². The predicted molar refractivity (Wildman–Crippen MR) is 82.0 cm³/mol. The van der Waals surface area contributed by atoms with E-state index in [1.807, 2.05) is 30.3 Å². The lowest BCUT2D eigenvalue weighted by Crippen LogP contribution is -2.07. The van der Waals surface area contributed by atoms with Gasteiger partial charge in [0.2, 0.25) is 5.43 Å². The second-order valence-corrected chi connectivity index (χ2v) is 5.30. The molecule has 0 saturated heterocycles. The molecule has 0 bridgehead atoms.